The van der Waals surface area contributed by atoms with Crippen LogP contribution in [0.3, 0.4) is 0 Å². The van der Waals surface area contributed by atoms with Gasteiger partial charge in [-0.15, -0.1) is 0 Å². The molecule has 164 valence electrons. The number of allylic oxidation sites excluding steroid dienone is 4. The molecule has 0 radical (unpaired) electrons. The molecule has 0 amide bonds. The van der Waals surface area contributed by atoms with Gasteiger partial charge in [-0.05, 0) is 76.6 Å². The Bertz CT molecular complexity index is 1000. The predicted octanol–water partition coefficient (Wildman–Crippen LogP) is 6.98. The second kappa shape index (κ2) is 11.7. The lowest BCUT2D eigenvalue weighted by Gasteiger charge is -2.18. The van der Waals surface area contributed by atoms with Crippen LogP contribution >= 0.6 is 15.9 Å². The van der Waals surface area contributed by atoms with Gasteiger partial charge >= 0.3 is 0 Å². The van der Waals surface area contributed by atoms with Gasteiger partial charge in [0.15, 0.2) is 0 Å². The van der Waals surface area contributed by atoms with E-state index >= 15 is 0 Å². The van der Waals surface area contributed by atoms with E-state index in [1.807, 2.05) is 6.92 Å². The summed E-state index contributed by atoms with van der Waals surface area (Å²) < 4.78 is 0. The van der Waals surface area contributed by atoms with Crippen molar-refractivity contribution >= 4 is 28.0 Å². The molecule has 0 bridgehead atoms. The molecule has 1 aromatic heterocycles. The molecule has 0 aliphatic heterocycles. The summed E-state index contributed by atoms with van der Waals surface area (Å²) in [5.74, 6) is 0.757. The van der Waals surface area contributed by atoms with Gasteiger partial charge in [-0.2, -0.15) is 0 Å². The molecule has 4 nitrogen and oxygen atoms in total. The summed E-state index contributed by atoms with van der Waals surface area (Å²) in [7, 11) is 0. The monoisotopic (exact) mass is 480 g/mol. The predicted molar refractivity (Wildman–Crippen MR) is 138 cm³/mol. The SMILES string of the molecule is C=CN/C(C)=C\C(C)=C(/C)Cc1cc(-c2cccc(CBr)c2)nc(NC(C)C)c1C=N. The first-order chi connectivity index (χ1) is 14.8. The van der Waals surface area contributed by atoms with Crippen molar-refractivity contribution < 1.29 is 0 Å². The van der Waals surface area contributed by atoms with Crippen LogP contribution in [0.1, 0.15) is 51.3 Å². The van der Waals surface area contributed by atoms with Gasteiger partial charge in [0, 0.05) is 34.4 Å². The van der Waals surface area contributed by atoms with E-state index in [9.17, 15) is 0 Å². The van der Waals surface area contributed by atoms with Gasteiger partial charge in [0.1, 0.15) is 5.82 Å². The van der Waals surface area contributed by atoms with Gasteiger partial charge in [-0.3, -0.25) is 0 Å². The summed E-state index contributed by atoms with van der Waals surface area (Å²) in [6.07, 6.45) is 5.96. The van der Waals surface area contributed by atoms with Crippen molar-refractivity contribution in [1.82, 2.24) is 10.3 Å². The molecule has 5 heteroatoms. The third-order valence-corrected chi connectivity index (χ3v) is 5.63. The molecule has 0 unspecified atom stereocenters. The molecule has 1 aromatic carbocycles. The lowest BCUT2D eigenvalue weighted by Crippen LogP contribution is -2.15. The quantitative estimate of drug-likeness (QED) is 0.195. The van der Waals surface area contributed by atoms with Crippen LogP contribution in [0, 0.1) is 5.41 Å². The number of halogens is 1. The zero-order chi connectivity index (χ0) is 23.0. The van der Waals surface area contributed by atoms with Crippen LogP contribution in [0.25, 0.3) is 11.3 Å². The van der Waals surface area contributed by atoms with Gasteiger partial charge in [0.25, 0.3) is 0 Å². The zero-order valence-corrected chi connectivity index (χ0v) is 20.7. The summed E-state index contributed by atoms with van der Waals surface area (Å²) in [5, 5.41) is 15.4. The van der Waals surface area contributed by atoms with Crippen molar-refractivity contribution in [3.8, 4) is 11.3 Å². The van der Waals surface area contributed by atoms with Crippen LogP contribution in [0.5, 0.6) is 0 Å². The highest BCUT2D eigenvalue weighted by Gasteiger charge is 2.14. The third kappa shape index (κ3) is 6.93. The van der Waals surface area contributed by atoms with Gasteiger partial charge in [-0.25, -0.2) is 4.98 Å². The second-order valence-corrected chi connectivity index (χ2v) is 8.58. The van der Waals surface area contributed by atoms with Gasteiger partial charge in [-0.1, -0.05) is 51.9 Å². The molecule has 3 N–H and O–H groups in total. The van der Waals surface area contributed by atoms with Crippen molar-refractivity contribution in [1.29, 1.82) is 5.41 Å². The standard InChI is InChI=1S/C26H33BrN4/c1-7-29-20(6)11-18(4)19(5)12-23-14-25(22-10-8-9-21(13-22)15-27)31-26(24(23)16-28)30-17(2)3/h7-11,13-14,16-17,28-29H,1,12,15H2,2-6H3,(H,30,31)/b19-18+,20-11-,28-16?. The number of hydrogen-bond donors (Lipinski definition) is 3. The summed E-state index contributed by atoms with van der Waals surface area (Å²) >= 11 is 3.54. The zero-order valence-electron chi connectivity index (χ0n) is 19.1. The van der Waals surface area contributed by atoms with E-state index in [4.69, 9.17) is 10.4 Å². The van der Waals surface area contributed by atoms with Gasteiger partial charge in [0.2, 0.25) is 0 Å². The molecule has 2 aromatic rings. The molecule has 0 atom stereocenters. The van der Waals surface area contributed by atoms with Crippen molar-refractivity contribution in [2.24, 2.45) is 0 Å². The number of nitrogens with one attached hydrogen (secondary N) is 3. The van der Waals surface area contributed by atoms with Gasteiger partial charge in [0.05, 0.1) is 5.69 Å². The Balaban J connectivity index is 2.59. The maximum Gasteiger partial charge on any atom is 0.135 e. The number of rotatable bonds is 10. The van der Waals surface area contributed by atoms with E-state index in [0.29, 0.717) is 0 Å². The van der Waals surface area contributed by atoms with Crippen molar-refractivity contribution in [2.75, 3.05) is 5.32 Å². The largest absolute Gasteiger partial charge is 0.367 e. The highest BCUT2D eigenvalue weighted by atomic mass is 79.9. The van der Waals surface area contributed by atoms with Crippen LogP contribution in [-0.4, -0.2) is 17.2 Å². The Morgan fingerprint density at radius 3 is 2.58 bits per heavy atom. The average Bonchev–Trinajstić information content (AvgIpc) is 2.73. The first kappa shape index (κ1) is 24.6. The number of benzene rings is 1. The second-order valence-electron chi connectivity index (χ2n) is 8.02. The average molecular weight is 481 g/mol. The molecule has 0 saturated carbocycles. The van der Waals surface area contributed by atoms with Crippen LogP contribution in [0.4, 0.5) is 5.82 Å². The molecule has 0 fully saturated rings. The smallest absolute Gasteiger partial charge is 0.135 e. The Labute approximate surface area is 195 Å². The van der Waals surface area contributed by atoms with E-state index in [-0.39, 0.29) is 6.04 Å². The number of alkyl halides is 1. The highest BCUT2D eigenvalue weighted by Crippen LogP contribution is 2.28. The minimum Gasteiger partial charge on any atom is -0.367 e. The molecular formula is C26H33BrN4. The van der Waals surface area contributed by atoms with Crippen LogP contribution in [0.15, 0.2) is 66.0 Å². The molecule has 0 aliphatic rings. The van der Waals surface area contributed by atoms with E-state index in [1.165, 1.54) is 22.9 Å². The highest BCUT2D eigenvalue weighted by molar-refractivity contribution is 9.08. The molecule has 0 saturated heterocycles. The third-order valence-electron chi connectivity index (χ3n) is 4.98. The normalized spacial score (nSPS) is 12.4. The Hall–Kier alpha value is -2.66. The van der Waals surface area contributed by atoms with E-state index in [0.717, 1.165) is 45.7 Å². The number of hydrogen-bond acceptors (Lipinski definition) is 4. The molecule has 2 rings (SSSR count). The Kier molecular flexibility index (Phi) is 9.25. The molecular weight excluding hydrogens is 448 g/mol. The molecule has 1 heterocycles. The van der Waals surface area contributed by atoms with Crippen molar-refractivity contribution in [2.45, 2.75) is 52.4 Å². The number of anilines is 1. The molecule has 31 heavy (non-hydrogen) atoms. The Morgan fingerprint density at radius 1 is 1.23 bits per heavy atom. The fourth-order valence-electron chi connectivity index (χ4n) is 3.34. The fourth-order valence-corrected chi connectivity index (χ4v) is 3.68. The van der Waals surface area contributed by atoms with Crippen LogP contribution in [-0.2, 0) is 11.8 Å². The summed E-state index contributed by atoms with van der Waals surface area (Å²) in [4.78, 5) is 4.89. The maximum atomic E-state index is 8.07. The number of nitrogens with zero attached hydrogens (tertiary/aromatic N) is 1. The van der Waals surface area contributed by atoms with E-state index in [2.05, 4.69) is 97.2 Å². The first-order valence-electron chi connectivity index (χ1n) is 10.5. The van der Waals surface area contributed by atoms with E-state index in [1.54, 1.807) is 6.20 Å². The van der Waals surface area contributed by atoms with Crippen molar-refractivity contribution in [3.05, 3.63) is 82.7 Å². The van der Waals surface area contributed by atoms with Crippen molar-refractivity contribution in [3.63, 3.8) is 0 Å². The van der Waals surface area contributed by atoms with E-state index < -0.39 is 0 Å². The summed E-state index contributed by atoms with van der Waals surface area (Å²) in [6.45, 7) is 14.2. The number of aromatic nitrogens is 1. The first-order valence-corrected chi connectivity index (χ1v) is 11.6. The minimum atomic E-state index is 0.220. The van der Waals surface area contributed by atoms with Crippen LogP contribution < -0.4 is 10.6 Å². The van der Waals surface area contributed by atoms with Gasteiger partial charge < -0.3 is 16.0 Å². The molecule has 0 spiro atoms. The topological polar surface area (TPSA) is 60.8 Å². The summed E-state index contributed by atoms with van der Waals surface area (Å²) in [6, 6.07) is 10.7. The number of pyridine rings is 1. The lowest BCUT2D eigenvalue weighted by atomic mass is 9.96. The Morgan fingerprint density at radius 2 is 1.97 bits per heavy atom. The lowest BCUT2D eigenvalue weighted by molar-refractivity contribution is 0.887. The summed E-state index contributed by atoms with van der Waals surface area (Å²) in [5.41, 5.74) is 8.61. The van der Waals surface area contributed by atoms with Crippen LogP contribution in [0.2, 0.25) is 0 Å². The molecule has 0 aliphatic carbocycles. The minimum absolute atomic E-state index is 0.220. The fraction of sp³-hybridized carbons (Fsp3) is 0.308. The maximum absolute atomic E-state index is 8.07.